The molecule has 0 amide bonds. The topological polar surface area (TPSA) is 73.0 Å². The number of rotatable bonds is 2. The van der Waals surface area contributed by atoms with E-state index in [0.717, 1.165) is 17.4 Å². The molecule has 0 saturated heterocycles. The number of hydrogen-bond donors (Lipinski definition) is 0. The molecule has 12 heteroatoms. The van der Waals surface area contributed by atoms with Gasteiger partial charge in [-0.25, -0.2) is 8.78 Å². The molecule has 0 atom stereocenters. The Morgan fingerprint density at radius 1 is 0.700 bits per heavy atom. The summed E-state index contributed by atoms with van der Waals surface area (Å²) in [6.45, 7) is 0. The monoisotopic (exact) mass is 519 g/mol. The van der Waals surface area contributed by atoms with Crippen LogP contribution in [-0.2, 0) is 21.0 Å². The van der Waals surface area contributed by atoms with Gasteiger partial charge in [0.1, 0.15) is 11.6 Å². The first kappa shape index (κ1) is 24.3. The molecule has 2 aromatic carbocycles. The molecule has 0 aliphatic heterocycles. The average molecular weight is 519 g/mol. The molecule has 0 bridgehead atoms. The molecule has 0 aliphatic carbocycles. The Kier molecular flexibility index (Phi) is 9.21. The fourth-order valence-corrected chi connectivity index (χ4v) is 3.97. The van der Waals surface area contributed by atoms with Gasteiger partial charge in [0, 0.05) is 10.8 Å². The van der Waals surface area contributed by atoms with Gasteiger partial charge in [-0.15, -0.1) is 22.7 Å². The van der Waals surface area contributed by atoms with Gasteiger partial charge in [-0.05, 0) is 84.1 Å². The van der Waals surface area contributed by atoms with Crippen molar-refractivity contribution in [2.45, 2.75) is 0 Å². The van der Waals surface area contributed by atoms with Gasteiger partial charge in [-0.1, -0.05) is 0 Å². The van der Waals surface area contributed by atoms with Crippen LogP contribution < -0.4 is 0 Å². The van der Waals surface area contributed by atoms with Crippen LogP contribution in [0.25, 0.3) is 22.5 Å². The first-order valence-corrected chi connectivity index (χ1v) is 11.0. The molecule has 0 spiro atoms. The fourth-order valence-electron chi connectivity index (χ4n) is 2.21. The predicted molar refractivity (Wildman–Crippen MR) is 115 cm³/mol. The van der Waals surface area contributed by atoms with Crippen molar-refractivity contribution in [3.05, 3.63) is 89.2 Å². The molecular formula is C18H10F2N2O3S4V. The zero-order valence-corrected chi connectivity index (χ0v) is 19.4. The van der Waals surface area contributed by atoms with Crippen LogP contribution in [0.4, 0.5) is 8.78 Å². The van der Waals surface area contributed by atoms with Gasteiger partial charge in [0.05, 0.1) is 11.4 Å². The van der Waals surface area contributed by atoms with Gasteiger partial charge in [0.15, 0.2) is 7.91 Å². The Morgan fingerprint density at radius 2 is 1.00 bits per heavy atom. The predicted octanol–water partition coefficient (Wildman–Crippen LogP) is 6.74. The Hall–Kier alpha value is -2.02. The van der Waals surface area contributed by atoms with E-state index in [1.54, 1.807) is 35.0 Å². The summed E-state index contributed by atoms with van der Waals surface area (Å²) in [6, 6.07) is 11.5. The zero-order chi connectivity index (χ0) is 22.3. The molecule has 30 heavy (non-hydrogen) atoms. The number of thiazole rings is 2. The van der Waals surface area contributed by atoms with Crippen LogP contribution in [0.3, 0.4) is 0 Å². The van der Waals surface area contributed by atoms with Crippen molar-refractivity contribution in [1.29, 1.82) is 0 Å². The van der Waals surface area contributed by atoms with Crippen LogP contribution >= 0.6 is 47.1 Å². The Labute approximate surface area is 197 Å². The maximum atomic E-state index is 12.6. The van der Waals surface area contributed by atoms with Crippen LogP contribution in [0.15, 0.2) is 59.3 Å². The maximum absolute atomic E-state index is 12.6. The van der Waals surface area contributed by atoms with E-state index in [1.165, 1.54) is 46.9 Å². The summed E-state index contributed by atoms with van der Waals surface area (Å²) in [5.41, 5.74) is 2.29. The van der Waals surface area contributed by atoms with E-state index in [1.807, 2.05) is 0 Å². The summed E-state index contributed by atoms with van der Waals surface area (Å²) in [4.78, 5) is 0. The van der Waals surface area contributed by atoms with Gasteiger partial charge >= 0.3 is 21.0 Å². The molecule has 0 N–H and O–H groups in total. The van der Waals surface area contributed by atoms with Crippen molar-refractivity contribution in [1.82, 2.24) is 9.46 Å². The van der Waals surface area contributed by atoms with Crippen molar-refractivity contribution < 1.29 is 29.8 Å². The van der Waals surface area contributed by atoms with Gasteiger partial charge in [-0.2, -0.15) is 0 Å². The van der Waals surface area contributed by atoms with E-state index < -0.39 is 0 Å². The summed E-state index contributed by atoms with van der Waals surface area (Å²) < 4.78 is 35.3. The molecule has 4 rings (SSSR count). The molecule has 153 valence electrons. The van der Waals surface area contributed by atoms with E-state index in [4.69, 9.17) is 28.1 Å². The first-order chi connectivity index (χ1) is 14.4. The number of hydrogen-bond acceptors (Lipinski definition) is 7. The quantitative estimate of drug-likeness (QED) is 0.274. The molecule has 0 saturated carbocycles. The van der Waals surface area contributed by atoms with E-state index in [0.29, 0.717) is 32.0 Å². The zero-order valence-electron chi connectivity index (χ0n) is 14.7. The second-order valence-electron chi connectivity index (χ2n) is 5.38. The van der Waals surface area contributed by atoms with Crippen molar-refractivity contribution in [3.63, 3.8) is 0 Å². The minimum atomic E-state index is -0.319. The Bertz CT molecular complexity index is 1120. The normalized spacial score (nSPS) is 9.87. The van der Waals surface area contributed by atoms with E-state index in [2.05, 4.69) is 0 Å². The standard InChI is InChI=1S/2C9H5FNOS2.O.V/c2*10-7-3-1-6(2-4-7)8-5-14-9(13)11(8)12;;/h2*1-5H;;/q2*-1;;+2. The third-order valence-corrected chi connectivity index (χ3v) is 5.92. The van der Waals surface area contributed by atoms with Crippen molar-refractivity contribution in [2.24, 2.45) is 0 Å². The summed E-state index contributed by atoms with van der Waals surface area (Å²) >= 11 is 13.1. The number of aromatic nitrogens is 2. The van der Waals surface area contributed by atoms with Gasteiger partial charge < -0.3 is 19.9 Å². The van der Waals surface area contributed by atoms with Crippen LogP contribution in [0, 0.1) is 30.0 Å². The van der Waals surface area contributed by atoms with Crippen LogP contribution in [0.2, 0.25) is 0 Å². The second-order valence-corrected chi connectivity index (χ2v) is 8.38. The van der Waals surface area contributed by atoms with E-state index in [-0.39, 0.29) is 19.5 Å². The van der Waals surface area contributed by atoms with Crippen molar-refractivity contribution in [2.75, 3.05) is 0 Å². The summed E-state index contributed by atoms with van der Waals surface area (Å²) in [7, 11) is 0. The molecule has 2 heterocycles. The summed E-state index contributed by atoms with van der Waals surface area (Å²) in [5, 5.41) is 26.1. The number of benzene rings is 2. The number of nitrogens with zero attached hydrogens (tertiary/aromatic N) is 2. The van der Waals surface area contributed by atoms with E-state index in [9.17, 15) is 19.2 Å². The fraction of sp³-hybridized carbons (Fsp3) is 0. The third kappa shape index (κ3) is 6.00. The van der Waals surface area contributed by atoms with Crippen LogP contribution in [0.1, 0.15) is 0 Å². The average Bonchev–Trinajstić information content (AvgIpc) is 3.27. The van der Waals surface area contributed by atoms with Crippen LogP contribution in [-0.4, -0.2) is 9.46 Å². The van der Waals surface area contributed by atoms with Gasteiger partial charge in [0.2, 0.25) is 0 Å². The first-order valence-electron chi connectivity index (χ1n) is 7.83. The molecule has 0 aliphatic rings. The summed E-state index contributed by atoms with van der Waals surface area (Å²) in [6.07, 6.45) is 0. The molecular weight excluding hydrogens is 509 g/mol. The van der Waals surface area contributed by atoms with E-state index >= 15 is 0 Å². The molecule has 0 unspecified atom stereocenters. The molecule has 4 aromatic rings. The Morgan fingerprint density at radius 3 is 1.23 bits per heavy atom. The number of halogens is 2. The Balaban J connectivity index is 0.000000197. The minimum absolute atomic E-state index is 0.268. The SMILES string of the molecule is [O-]n1c(-c2ccc(F)cc2)csc1=S.[O-]n1c(-c2ccc(F)cc2)csc1=S.[O]=[V+2]. The van der Waals surface area contributed by atoms with Crippen molar-refractivity contribution in [3.8, 4) is 22.5 Å². The van der Waals surface area contributed by atoms with Crippen LogP contribution in [0.5, 0.6) is 0 Å². The molecule has 0 radical (unpaired) electrons. The van der Waals surface area contributed by atoms with Crippen molar-refractivity contribution >= 4 is 47.1 Å². The third-order valence-electron chi connectivity index (χ3n) is 3.59. The second kappa shape index (κ2) is 11.4. The summed E-state index contributed by atoms with van der Waals surface area (Å²) in [5.74, 6) is -0.639. The molecule has 5 nitrogen and oxygen atoms in total. The molecule has 2 aromatic heterocycles. The van der Waals surface area contributed by atoms with Gasteiger partial charge in [-0.3, -0.25) is 0 Å². The van der Waals surface area contributed by atoms with Gasteiger partial charge in [0.25, 0.3) is 0 Å². The molecule has 0 fully saturated rings.